The van der Waals surface area contributed by atoms with Crippen LogP contribution in [0.15, 0.2) is 29.4 Å². The van der Waals surface area contributed by atoms with Gasteiger partial charge in [0.15, 0.2) is 0 Å². The van der Waals surface area contributed by atoms with Crippen LogP contribution in [0.1, 0.15) is 61.4 Å². The summed E-state index contributed by atoms with van der Waals surface area (Å²) in [4.78, 5) is 25.8. The molecule has 26 heavy (non-hydrogen) atoms. The van der Waals surface area contributed by atoms with E-state index in [-0.39, 0.29) is 18.0 Å². The third-order valence-corrected chi connectivity index (χ3v) is 5.82. The summed E-state index contributed by atoms with van der Waals surface area (Å²) < 4.78 is 5.35. The van der Waals surface area contributed by atoms with Crippen molar-refractivity contribution in [3.63, 3.8) is 0 Å². The minimum Gasteiger partial charge on any atom is -0.463 e. The van der Waals surface area contributed by atoms with E-state index < -0.39 is 0 Å². The van der Waals surface area contributed by atoms with Crippen molar-refractivity contribution in [3.8, 4) is 0 Å². The predicted molar refractivity (Wildman–Crippen MR) is 99.8 cm³/mol. The Morgan fingerprint density at radius 2 is 1.77 bits per heavy atom. The van der Waals surface area contributed by atoms with Gasteiger partial charge in [0.05, 0.1) is 6.21 Å². The van der Waals surface area contributed by atoms with Gasteiger partial charge in [0.2, 0.25) is 0 Å². The Morgan fingerprint density at radius 3 is 2.31 bits per heavy atom. The number of hydrogen-bond acceptors (Lipinski definition) is 5. The number of nitrogens with two attached hydrogens (primary N) is 1. The predicted octanol–water partition coefficient (Wildman–Crippen LogP) is 2.71. The first-order valence-corrected chi connectivity index (χ1v) is 9.31. The van der Waals surface area contributed by atoms with E-state index in [2.05, 4.69) is 5.10 Å². The average molecular weight is 357 g/mol. The number of benzene rings is 1. The minimum absolute atomic E-state index is 0.0772. The van der Waals surface area contributed by atoms with Crippen molar-refractivity contribution >= 4 is 18.1 Å². The van der Waals surface area contributed by atoms with Crippen LogP contribution in [0.5, 0.6) is 0 Å². The molecule has 1 saturated heterocycles. The monoisotopic (exact) mass is 357 g/mol. The molecule has 2 aliphatic rings. The zero-order valence-corrected chi connectivity index (χ0v) is 15.3. The third kappa shape index (κ3) is 4.23. The molecule has 1 heterocycles. The quantitative estimate of drug-likeness (QED) is 0.390. The normalized spacial score (nSPS) is 20.4. The fraction of sp³-hybridized carbons (Fsp3) is 0.550. The fourth-order valence-corrected chi connectivity index (χ4v) is 4.22. The standard InChI is InChI=1S/C20H27N3O3/c1-15(24)26-18-6-8-20(9-7-18)10-12-23(13-11-20)19(25)17-4-2-16(3-5-17)14-22-21/h2-5,14,18H,6-13,21H2,1H3. The lowest BCUT2D eigenvalue weighted by atomic mass is 9.67. The summed E-state index contributed by atoms with van der Waals surface area (Å²) in [6, 6.07) is 7.36. The molecule has 1 aromatic rings. The Balaban J connectivity index is 1.53. The summed E-state index contributed by atoms with van der Waals surface area (Å²) in [7, 11) is 0. The second kappa shape index (κ2) is 7.89. The van der Waals surface area contributed by atoms with Gasteiger partial charge in [0.25, 0.3) is 5.91 Å². The number of ether oxygens (including phenoxy) is 1. The lowest BCUT2D eigenvalue weighted by Crippen LogP contribution is -2.45. The van der Waals surface area contributed by atoms with Gasteiger partial charge in [-0.1, -0.05) is 12.1 Å². The Morgan fingerprint density at radius 1 is 1.15 bits per heavy atom. The van der Waals surface area contributed by atoms with Crippen LogP contribution < -0.4 is 5.84 Å². The highest BCUT2D eigenvalue weighted by Gasteiger charge is 2.39. The van der Waals surface area contributed by atoms with Crippen molar-refractivity contribution in [2.45, 2.75) is 51.6 Å². The van der Waals surface area contributed by atoms with Crippen molar-refractivity contribution in [2.24, 2.45) is 16.4 Å². The van der Waals surface area contributed by atoms with Gasteiger partial charge in [-0.15, -0.1) is 0 Å². The maximum atomic E-state index is 12.7. The molecule has 0 aromatic heterocycles. The van der Waals surface area contributed by atoms with Gasteiger partial charge in [0.1, 0.15) is 6.10 Å². The summed E-state index contributed by atoms with van der Waals surface area (Å²) in [5, 5.41) is 3.49. The number of hydrogen-bond donors (Lipinski definition) is 1. The highest BCUT2D eigenvalue weighted by Crippen LogP contribution is 2.45. The maximum absolute atomic E-state index is 12.7. The van der Waals surface area contributed by atoms with Gasteiger partial charge in [-0.05, 0) is 61.6 Å². The fourth-order valence-electron chi connectivity index (χ4n) is 4.22. The second-order valence-corrected chi connectivity index (χ2v) is 7.50. The first kappa shape index (κ1) is 18.4. The van der Waals surface area contributed by atoms with Gasteiger partial charge in [0, 0.05) is 25.6 Å². The SMILES string of the molecule is CC(=O)OC1CCC2(CC1)CCN(C(=O)c1ccc(C=NN)cc1)CC2. The zero-order valence-electron chi connectivity index (χ0n) is 15.3. The van der Waals surface area contributed by atoms with E-state index in [1.807, 2.05) is 29.2 Å². The Kier molecular flexibility index (Phi) is 5.59. The van der Waals surface area contributed by atoms with Crippen molar-refractivity contribution < 1.29 is 14.3 Å². The molecule has 0 bridgehead atoms. The van der Waals surface area contributed by atoms with Gasteiger partial charge in [-0.25, -0.2) is 0 Å². The summed E-state index contributed by atoms with van der Waals surface area (Å²) >= 11 is 0. The van der Waals surface area contributed by atoms with Crippen molar-refractivity contribution in [3.05, 3.63) is 35.4 Å². The summed E-state index contributed by atoms with van der Waals surface area (Å²) in [6.07, 6.45) is 7.75. The summed E-state index contributed by atoms with van der Waals surface area (Å²) in [6.45, 7) is 3.07. The Bertz CT molecular complexity index is 666. The van der Waals surface area contributed by atoms with Gasteiger partial charge in [-0.2, -0.15) is 5.10 Å². The number of carbonyl (C=O) groups is 2. The molecule has 2 fully saturated rings. The number of piperidine rings is 1. The number of hydrazone groups is 1. The van der Waals surface area contributed by atoms with Crippen LogP contribution in [0, 0.1) is 5.41 Å². The summed E-state index contributed by atoms with van der Waals surface area (Å²) in [5.41, 5.74) is 1.90. The molecule has 0 unspecified atom stereocenters. The maximum Gasteiger partial charge on any atom is 0.302 e. The Labute approximate surface area is 154 Å². The Hall–Kier alpha value is -2.37. The number of esters is 1. The van der Waals surface area contributed by atoms with Crippen molar-refractivity contribution in [1.29, 1.82) is 0 Å². The molecule has 6 nitrogen and oxygen atoms in total. The zero-order chi connectivity index (χ0) is 18.6. The van der Waals surface area contributed by atoms with E-state index in [9.17, 15) is 9.59 Å². The van der Waals surface area contributed by atoms with Crippen LogP contribution in [-0.4, -0.2) is 42.2 Å². The van der Waals surface area contributed by atoms with Crippen LogP contribution in [0.25, 0.3) is 0 Å². The van der Waals surface area contributed by atoms with Crippen LogP contribution in [0.4, 0.5) is 0 Å². The lowest BCUT2D eigenvalue weighted by molar-refractivity contribution is -0.149. The van der Waals surface area contributed by atoms with Gasteiger partial charge >= 0.3 is 5.97 Å². The van der Waals surface area contributed by atoms with E-state index in [1.165, 1.54) is 6.92 Å². The molecule has 6 heteroatoms. The smallest absolute Gasteiger partial charge is 0.302 e. The molecular weight excluding hydrogens is 330 g/mol. The topological polar surface area (TPSA) is 85.0 Å². The van der Waals surface area contributed by atoms with Crippen LogP contribution in [-0.2, 0) is 9.53 Å². The molecule has 0 radical (unpaired) electrons. The van der Waals surface area contributed by atoms with E-state index in [0.29, 0.717) is 11.0 Å². The molecule has 2 N–H and O–H groups in total. The highest BCUT2D eigenvalue weighted by atomic mass is 16.5. The number of nitrogens with zero attached hydrogens (tertiary/aromatic N) is 2. The molecule has 1 aliphatic heterocycles. The number of likely N-dealkylation sites (tertiary alicyclic amines) is 1. The molecule has 1 spiro atoms. The first-order chi connectivity index (χ1) is 12.5. The van der Waals surface area contributed by atoms with Crippen molar-refractivity contribution in [2.75, 3.05) is 13.1 Å². The number of amides is 1. The molecular formula is C20H27N3O3. The molecule has 140 valence electrons. The second-order valence-electron chi connectivity index (χ2n) is 7.50. The molecule has 3 rings (SSSR count). The van der Waals surface area contributed by atoms with E-state index in [0.717, 1.165) is 57.2 Å². The largest absolute Gasteiger partial charge is 0.463 e. The van der Waals surface area contributed by atoms with Crippen LogP contribution in [0.2, 0.25) is 0 Å². The first-order valence-electron chi connectivity index (χ1n) is 9.31. The minimum atomic E-state index is -0.185. The van der Waals surface area contributed by atoms with Crippen LogP contribution >= 0.6 is 0 Å². The summed E-state index contributed by atoms with van der Waals surface area (Å²) in [5.74, 6) is 5.05. The van der Waals surface area contributed by atoms with E-state index >= 15 is 0 Å². The highest BCUT2D eigenvalue weighted by molar-refractivity contribution is 5.95. The van der Waals surface area contributed by atoms with E-state index in [4.69, 9.17) is 10.6 Å². The number of rotatable bonds is 3. The van der Waals surface area contributed by atoms with Gasteiger partial charge < -0.3 is 15.5 Å². The molecule has 1 amide bonds. The third-order valence-electron chi connectivity index (χ3n) is 5.82. The molecule has 1 saturated carbocycles. The van der Waals surface area contributed by atoms with E-state index in [1.54, 1.807) is 6.21 Å². The molecule has 0 atom stereocenters. The molecule has 1 aliphatic carbocycles. The number of carbonyl (C=O) groups excluding carboxylic acids is 2. The lowest BCUT2D eigenvalue weighted by Gasteiger charge is -2.45. The van der Waals surface area contributed by atoms with Gasteiger partial charge in [-0.3, -0.25) is 9.59 Å². The molecule has 1 aromatic carbocycles. The van der Waals surface area contributed by atoms with Crippen molar-refractivity contribution in [1.82, 2.24) is 4.90 Å². The van der Waals surface area contributed by atoms with Crippen LogP contribution in [0.3, 0.4) is 0 Å². The average Bonchev–Trinajstić information content (AvgIpc) is 2.65.